The Labute approximate surface area is 183 Å². The fraction of sp³-hybridized carbons (Fsp3) is 0.333. The lowest BCUT2D eigenvalue weighted by atomic mass is 10.0. The van der Waals surface area contributed by atoms with E-state index < -0.39 is 0 Å². The Morgan fingerprint density at radius 3 is 2.57 bits per heavy atom. The van der Waals surface area contributed by atoms with Crippen molar-refractivity contribution >= 4 is 34.1 Å². The molecular formula is C24H28ClN3O2. The standard InChI is InChI=1S/C22H22ClN3O2.C2H6/c1-15(27)24-21-7-6-16(12-19(21)23)22-13-17(14-26-8-10-28-11-9-26)18-4-2-3-5-20(18)25-22;1-2/h2-7,12-13H,8-11,14H2,1H3,(H,24,27);1-2H3. The van der Waals surface area contributed by atoms with Crippen LogP contribution in [0.15, 0.2) is 48.5 Å². The molecule has 6 heteroatoms. The van der Waals surface area contributed by atoms with E-state index >= 15 is 0 Å². The molecule has 0 bridgehead atoms. The summed E-state index contributed by atoms with van der Waals surface area (Å²) >= 11 is 6.37. The quantitative estimate of drug-likeness (QED) is 0.610. The van der Waals surface area contributed by atoms with Crippen LogP contribution in [0.3, 0.4) is 0 Å². The number of pyridine rings is 1. The van der Waals surface area contributed by atoms with Crippen molar-refractivity contribution in [1.29, 1.82) is 0 Å². The van der Waals surface area contributed by atoms with Crippen LogP contribution in [-0.4, -0.2) is 42.1 Å². The number of carbonyl (C=O) groups excluding carboxylic acids is 1. The highest BCUT2D eigenvalue weighted by Crippen LogP contribution is 2.31. The van der Waals surface area contributed by atoms with Gasteiger partial charge in [-0.1, -0.05) is 49.7 Å². The fourth-order valence-corrected chi connectivity index (χ4v) is 3.72. The molecule has 1 fully saturated rings. The first-order valence-electron chi connectivity index (χ1n) is 10.4. The maximum absolute atomic E-state index is 11.3. The van der Waals surface area contributed by atoms with Gasteiger partial charge in [-0.25, -0.2) is 4.98 Å². The van der Waals surface area contributed by atoms with Crippen LogP contribution in [0.5, 0.6) is 0 Å². The molecule has 1 saturated heterocycles. The van der Waals surface area contributed by atoms with Crippen LogP contribution in [0.4, 0.5) is 5.69 Å². The molecule has 1 aliphatic heterocycles. The zero-order valence-corrected chi connectivity index (χ0v) is 18.5. The third kappa shape index (κ3) is 5.36. The monoisotopic (exact) mass is 425 g/mol. The summed E-state index contributed by atoms with van der Waals surface area (Å²) in [6, 6.07) is 16.0. The molecule has 0 unspecified atom stereocenters. The van der Waals surface area contributed by atoms with Crippen LogP contribution in [0.1, 0.15) is 26.3 Å². The summed E-state index contributed by atoms with van der Waals surface area (Å²) in [5.74, 6) is -0.147. The van der Waals surface area contributed by atoms with Crippen molar-refractivity contribution in [2.75, 3.05) is 31.6 Å². The molecule has 30 heavy (non-hydrogen) atoms. The molecule has 0 saturated carbocycles. The predicted molar refractivity (Wildman–Crippen MR) is 124 cm³/mol. The van der Waals surface area contributed by atoms with Crippen molar-refractivity contribution in [2.45, 2.75) is 27.3 Å². The number of fused-ring (bicyclic) bond motifs is 1. The van der Waals surface area contributed by atoms with Gasteiger partial charge in [-0.15, -0.1) is 0 Å². The van der Waals surface area contributed by atoms with E-state index in [0.29, 0.717) is 10.7 Å². The predicted octanol–water partition coefficient (Wildman–Crippen LogP) is 5.37. The number of nitrogens with zero attached hydrogens (tertiary/aromatic N) is 2. The average Bonchev–Trinajstić information content (AvgIpc) is 2.77. The topological polar surface area (TPSA) is 54.5 Å². The van der Waals surface area contributed by atoms with Crippen molar-refractivity contribution in [2.24, 2.45) is 0 Å². The van der Waals surface area contributed by atoms with Gasteiger partial charge >= 0.3 is 0 Å². The number of amides is 1. The van der Waals surface area contributed by atoms with Crippen LogP contribution < -0.4 is 5.32 Å². The summed E-state index contributed by atoms with van der Waals surface area (Å²) < 4.78 is 5.47. The molecule has 1 amide bonds. The number of nitrogens with one attached hydrogen (secondary N) is 1. The zero-order chi connectivity index (χ0) is 21.5. The molecule has 1 N–H and O–H groups in total. The fourth-order valence-electron chi connectivity index (χ4n) is 3.49. The van der Waals surface area contributed by atoms with E-state index in [1.807, 2.05) is 50.2 Å². The molecule has 0 spiro atoms. The Kier molecular flexibility index (Phi) is 7.80. The second-order valence-corrected chi connectivity index (χ2v) is 7.36. The molecule has 4 rings (SSSR count). The molecular weight excluding hydrogens is 398 g/mol. The van der Waals surface area contributed by atoms with Crippen LogP contribution in [0, 0.1) is 0 Å². The summed E-state index contributed by atoms with van der Waals surface area (Å²) in [4.78, 5) is 18.6. The van der Waals surface area contributed by atoms with Gasteiger partial charge in [-0.2, -0.15) is 0 Å². The lowest BCUT2D eigenvalue weighted by Crippen LogP contribution is -2.35. The molecule has 2 aromatic carbocycles. The Balaban J connectivity index is 0.00000124. The molecule has 0 radical (unpaired) electrons. The minimum absolute atomic E-state index is 0.147. The van der Waals surface area contributed by atoms with E-state index in [1.54, 1.807) is 0 Å². The van der Waals surface area contributed by atoms with Crippen molar-refractivity contribution in [3.05, 3.63) is 59.1 Å². The van der Waals surface area contributed by atoms with E-state index in [-0.39, 0.29) is 5.91 Å². The third-order valence-electron chi connectivity index (χ3n) is 4.88. The number of morpholine rings is 1. The Morgan fingerprint density at radius 2 is 1.87 bits per heavy atom. The summed E-state index contributed by atoms with van der Waals surface area (Å²) in [7, 11) is 0. The smallest absolute Gasteiger partial charge is 0.221 e. The molecule has 0 aliphatic carbocycles. The number of carbonyl (C=O) groups is 1. The van der Waals surface area contributed by atoms with E-state index in [2.05, 4.69) is 22.3 Å². The minimum atomic E-state index is -0.147. The molecule has 3 aromatic rings. The largest absolute Gasteiger partial charge is 0.379 e. The maximum atomic E-state index is 11.3. The number of benzene rings is 2. The molecule has 1 aromatic heterocycles. The lowest BCUT2D eigenvalue weighted by Gasteiger charge is -2.27. The Morgan fingerprint density at radius 1 is 1.13 bits per heavy atom. The highest BCUT2D eigenvalue weighted by Gasteiger charge is 2.15. The number of hydrogen-bond acceptors (Lipinski definition) is 4. The highest BCUT2D eigenvalue weighted by molar-refractivity contribution is 6.34. The van der Waals surface area contributed by atoms with Crippen LogP contribution >= 0.6 is 11.6 Å². The van der Waals surface area contributed by atoms with E-state index in [9.17, 15) is 4.79 Å². The Bertz CT molecular complexity index is 1020. The van der Waals surface area contributed by atoms with Crippen molar-refractivity contribution in [3.63, 3.8) is 0 Å². The second kappa shape index (κ2) is 10.5. The van der Waals surface area contributed by atoms with Gasteiger partial charge in [0, 0.05) is 37.5 Å². The zero-order valence-electron chi connectivity index (χ0n) is 17.7. The highest BCUT2D eigenvalue weighted by atomic mass is 35.5. The Hall–Kier alpha value is -2.47. The van der Waals surface area contributed by atoms with Gasteiger partial charge in [-0.3, -0.25) is 9.69 Å². The number of halogens is 1. The second-order valence-electron chi connectivity index (χ2n) is 6.95. The van der Waals surface area contributed by atoms with Crippen LogP contribution in [-0.2, 0) is 16.1 Å². The number of aromatic nitrogens is 1. The number of anilines is 1. The molecule has 5 nitrogen and oxygen atoms in total. The summed E-state index contributed by atoms with van der Waals surface area (Å²) in [5.41, 5.74) is 4.61. The van der Waals surface area contributed by atoms with Gasteiger partial charge in [0.15, 0.2) is 0 Å². The minimum Gasteiger partial charge on any atom is -0.379 e. The molecule has 2 heterocycles. The third-order valence-corrected chi connectivity index (χ3v) is 5.19. The number of rotatable bonds is 4. The van der Waals surface area contributed by atoms with Gasteiger partial charge < -0.3 is 10.1 Å². The van der Waals surface area contributed by atoms with Gasteiger partial charge in [0.05, 0.1) is 35.1 Å². The number of ether oxygens (including phenoxy) is 1. The first-order valence-corrected chi connectivity index (χ1v) is 10.7. The summed E-state index contributed by atoms with van der Waals surface area (Å²) in [6.45, 7) is 9.74. The first-order chi connectivity index (χ1) is 14.6. The van der Waals surface area contributed by atoms with Gasteiger partial charge in [0.1, 0.15) is 0 Å². The SMILES string of the molecule is CC.CC(=O)Nc1ccc(-c2cc(CN3CCOCC3)c3ccccc3n2)cc1Cl. The van der Waals surface area contributed by atoms with Crippen molar-refractivity contribution in [1.82, 2.24) is 9.88 Å². The van der Waals surface area contributed by atoms with Crippen LogP contribution in [0.25, 0.3) is 22.2 Å². The number of para-hydroxylation sites is 1. The molecule has 1 aliphatic rings. The maximum Gasteiger partial charge on any atom is 0.221 e. The molecule has 0 atom stereocenters. The van der Waals surface area contributed by atoms with Crippen molar-refractivity contribution in [3.8, 4) is 11.3 Å². The molecule has 158 valence electrons. The summed E-state index contributed by atoms with van der Waals surface area (Å²) in [5, 5.41) is 4.40. The van der Waals surface area contributed by atoms with Gasteiger partial charge in [-0.05, 0) is 29.8 Å². The van der Waals surface area contributed by atoms with E-state index in [1.165, 1.54) is 17.9 Å². The summed E-state index contributed by atoms with van der Waals surface area (Å²) in [6.07, 6.45) is 0. The van der Waals surface area contributed by atoms with E-state index in [0.717, 1.165) is 49.6 Å². The first kappa shape index (κ1) is 22.2. The van der Waals surface area contributed by atoms with Crippen LogP contribution in [0.2, 0.25) is 5.02 Å². The van der Waals surface area contributed by atoms with Gasteiger partial charge in [0.25, 0.3) is 0 Å². The van der Waals surface area contributed by atoms with Gasteiger partial charge in [0.2, 0.25) is 5.91 Å². The van der Waals surface area contributed by atoms with Crippen molar-refractivity contribution < 1.29 is 9.53 Å². The average molecular weight is 426 g/mol. The number of hydrogen-bond donors (Lipinski definition) is 1. The lowest BCUT2D eigenvalue weighted by molar-refractivity contribution is -0.114. The normalized spacial score (nSPS) is 14.1. The van der Waals surface area contributed by atoms with E-state index in [4.69, 9.17) is 21.3 Å².